The number of hydrogen-bond acceptors (Lipinski definition) is 6. The van der Waals surface area contributed by atoms with Gasteiger partial charge in [0.15, 0.2) is 0 Å². The smallest absolute Gasteiger partial charge is 1.00 e. The van der Waals surface area contributed by atoms with Crippen molar-refractivity contribution in [1.82, 2.24) is 12.3 Å². The molecular formula is C11H29N2NaO8. The maximum absolute atomic E-state index is 9.00. The van der Waals surface area contributed by atoms with Crippen LogP contribution in [0.3, 0.4) is 0 Å². The Kier molecular flexibility index (Phi) is 114. The van der Waals surface area contributed by atoms with Crippen molar-refractivity contribution in [2.75, 3.05) is 0 Å². The molecule has 0 heterocycles. The van der Waals surface area contributed by atoms with E-state index in [1.807, 2.05) is 6.92 Å². The summed E-state index contributed by atoms with van der Waals surface area (Å²) in [5.74, 6) is -3.33. The molecule has 0 aliphatic rings. The number of allylic oxidation sites excluding steroid dienone is 1. The standard InChI is InChI=1S/C3H6.4C2H4O2.2H3N.Na.H/c1-3-2;4*1-2(3)4;;;;/h3H,1H2,2H3;4*1H3,(H,3,4);2*1H3;;/q;;;;;;;+1;-1. The maximum atomic E-state index is 9.00. The van der Waals surface area contributed by atoms with E-state index in [2.05, 4.69) is 6.58 Å². The Balaban J connectivity index is -0.0000000146. The van der Waals surface area contributed by atoms with Gasteiger partial charge in [0.25, 0.3) is 23.9 Å². The quantitative estimate of drug-likeness (QED) is 0.233. The normalized spacial score (nSPS) is 5.14. The Bertz CT molecular complexity index is 215. The second-order valence-corrected chi connectivity index (χ2v) is 2.48. The molecule has 0 aliphatic carbocycles. The van der Waals surface area contributed by atoms with Crippen LogP contribution >= 0.6 is 0 Å². The van der Waals surface area contributed by atoms with Gasteiger partial charge in [-0.2, -0.15) is 0 Å². The van der Waals surface area contributed by atoms with Crippen molar-refractivity contribution in [2.24, 2.45) is 0 Å². The Morgan fingerprint density at radius 2 is 0.727 bits per heavy atom. The van der Waals surface area contributed by atoms with Gasteiger partial charge >= 0.3 is 29.6 Å². The molecule has 10 nitrogen and oxygen atoms in total. The van der Waals surface area contributed by atoms with E-state index in [9.17, 15) is 0 Å². The predicted octanol–water partition coefficient (Wildman–Crippen LogP) is -1.00. The molecule has 0 bridgehead atoms. The summed E-state index contributed by atoms with van der Waals surface area (Å²) >= 11 is 0. The average molecular weight is 340 g/mol. The molecule has 0 rings (SSSR count). The first-order valence-electron chi connectivity index (χ1n) is 4.70. The van der Waals surface area contributed by atoms with Crippen molar-refractivity contribution in [3.8, 4) is 0 Å². The van der Waals surface area contributed by atoms with Crippen LogP contribution in [0.2, 0.25) is 0 Å². The molecular weight excluding hydrogens is 311 g/mol. The van der Waals surface area contributed by atoms with E-state index in [0.29, 0.717) is 0 Å². The molecule has 0 atom stereocenters. The molecule has 0 radical (unpaired) electrons. The maximum Gasteiger partial charge on any atom is 1.00 e. The van der Waals surface area contributed by atoms with Crippen LogP contribution in [0.5, 0.6) is 0 Å². The van der Waals surface area contributed by atoms with Crippen LogP contribution in [0.25, 0.3) is 0 Å². The van der Waals surface area contributed by atoms with Gasteiger partial charge in [0, 0.05) is 27.7 Å². The Hall–Kier alpha value is -1.46. The number of aliphatic carboxylic acids is 4. The second kappa shape index (κ2) is 50.4. The Labute approximate surface area is 154 Å². The summed E-state index contributed by atoms with van der Waals surface area (Å²) in [6.45, 7) is 9.58. The molecule has 22 heavy (non-hydrogen) atoms. The molecule has 0 aromatic heterocycles. The minimum atomic E-state index is -0.833. The van der Waals surface area contributed by atoms with Gasteiger partial charge in [-0.25, -0.2) is 0 Å². The third kappa shape index (κ3) is 2680. The average Bonchev–Trinajstić information content (AvgIpc) is 1.97. The molecule has 0 saturated carbocycles. The summed E-state index contributed by atoms with van der Waals surface area (Å²) in [7, 11) is 0. The van der Waals surface area contributed by atoms with Gasteiger partial charge in [0.05, 0.1) is 0 Å². The number of carbonyl (C=O) groups is 4. The van der Waals surface area contributed by atoms with Gasteiger partial charge in [-0.1, -0.05) is 6.08 Å². The van der Waals surface area contributed by atoms with Crippen LogP contribution in [-0.2, 0) is 19.2 Å². The number of carboxylic acid groups (broad SMARTS) is 4. The van der Waals surface area contributed by atoms with E-state index >= 15 is 0 Å². The van der Waals surface area contributed by atoms with E-state index in [1.54, 1.807) is 6.08 Å². The van der Waals surface area contributed by atoms with E-state index in [4.69, 9.17) is 39.6 Å². The van der Waals surface area contributed by atoms with Gasteiger partial charge < -0.3 is 34.2 Å². The van der Waals surface area contributed by atoms with Crippen molar-refractivity contribution in [1.29, 1.82) is 0 Å². The van der Waals surface area contributed by atoms with Crippen LogP contribution in [0, 0.1) is 0 Å². The van der Waals surface area contributed by atoms with Gasteiger partial charge in [-0.3, -0.25) is 19.2 Å². The number of carboxylic acids is 4. The Morgan fingerprint density at radius 3 is 0.727 bits per heavy atom. The summed E-state index contributed by atoms with van der Waals surface area (Å²) in [5, 5.41) is 29.7. The number of rotatable bonds is 0. The molecule has 0 aromatic rings. The van der Waals surface area contributed by atoms with Gasteiger partial charge in [-0.15, -0.1) is 6.58 Å². The molecule has 0 aromatic carbocycles. The van der Waals surface area contributed by atoms with Gasteiger partial charge in [-0.05, 0) is 6.92 Å². The van der Waals surface area contributed by atoms with E-state index in [-0.39, 0.29) is 43.3 Å². The van der Waals surface area contributed by atoms with E-state index in [0.717, 1.165) is 27.7 Å². The van der Waals surface area contributed by atoms with Crippen LogP contribution in [-0.4, -0.2) is 44.3 Å². The zero-order chi connectivity index (χ0) is 17.0. The van der Waals surface area contributed by atoms with Crippen LogP contribution < -0.4 is 41.9 Å². The van der Waals surface area contributed by atoms with E-state index in [1.165, 1.54) is 0 Å². The first kappa shape index (κ1) is 49.9. The van der Waals surface area contributed by atoms with Gasteiger partial charge in [0.2, 0.25) is 0 Å². The third-order valence-corrected chi connectivity index (χ3v) is 0. The Morgan fingerprint density at radius 1 is 0.727 bits per heavy atom. The molecule has 0 fully saturated rings. The fourth-order valence-electron chi connectivity index (χ4n) is 0. The summed E-state index contributed by atoms with van der Waals surface area (Å²) < 4.78 is 0. The summed E-state index contributed by atoms with van der Waals surface area (Å²) in [6, 6.07) is 0. The molecule has 0 aliphatic heterocycles. The molecule has 132 valence electrons. The van der Waals surface area contributed by atoms with Gasteiger partial charge in [0.1, 0.15) is 0 Å². The minimum absolute atomic E-state index is 0. The second-order valence-electron chi connectivity index (χ2n) is 2.48. The van der Waals surface area contributed by atoms with Crippen molar-refractivity contribution in [3.05, 3.63) is 12.7 Å². The largest absolute Gasteiger partial charge is 1.00 e. The first-order chi connectivity index (χ1) is 8.34. The van der Waals surface area contributed by atoms with Crippen LogP contribution in [0.15, 0.2) is 12.7 Å². The van der Waals surface area contributed by atoms with Crippen LogP contribution in [0.4, 0.5) is 0 Å². The summed E-state index contributed by atoms with van der Waals surface area (Å²) in [6.07, 6.45) is 1.75. The molecule has 0 spiro atoms. The zero-order valence-electron chi connectivity index (χ0n) is 15.1. The number of hydrogen-bond donors (Lipinski definition) is 6. The fourth-order valence-corrected chi connectivity index (χ4v) is 0. The molecule has 0 unspecified atom stereocenters. The third-order valence-electron chi connectivity index (χ3n) is 0. The predicted molar refractivity (Wildman–Crippen MR) is 80.3 cm³/mol. The van der Waals surface area contributed by atoms with Crippen molar-refractivity contribution < 1.29 is 70.6 Å². The fraction of sp³-hybridized carbons (Fsp3) is 0.455. The van der Waals surface area contributed by atoms with Crippen molar-refractivity contribution >= 4 is 23.9 Å². The minimum Gasteiger partial charge on any atom is -1.00 e. The monoisotopic (exact) mass is 340 g/mol. The molecule has 11 heteroatoms. The van der Waals surface area contributed by atoms with E-state index < -0.39 is 23.9 Å². The molecule has 0 amide bonds. The SMILES string of the molecule is C=CC.CC(=O)O.CC(=O)O.CC(=O)O.CC(=O)O.N.N.[H-].[Na+]. The topological polar surface area (TPSA) is 219 Å². The van der Waals surface area contributed by atoms with Crippen molar-refractivity contribution in [3.63, 3.8) is 0 Å². The molecule has 10 N–H and O–H groups in total. The first-order valence-corrected chi connectivity index (χ1v) is 4.70. The summed E-state index contributed by atoms with van der Waals surface area (Å²) in [4.78, 5) is 36.0. The summed E-state index contributed by atoms with van der Waals surface area (Å²) in [5.41, 5.74) is 0. The van der Waals surface area contributed by atoms with Crippen molar-refractivity contribution in [2.45, 2.75) is 34.6 Å². The zero-order valence-corrected chi connectivity index (χ0v) is 16.1. The molecule has 0 saturated heterocycles. The van der Waals surface area contributed by atoms with Crippen LogP contribution in [0.1, 0.15) is 36.0 Å².